The minimum absolute atomic E-state index is 0.327. The number of nitrogens with zero attached hydrogens (tertiary/aromatic N) is 2. The van der Waals surface area contributed by atoms with Crippen LogP contribution in [0.25, 0.3) is 6.08 Å². The van der Waals surface area contributed by atoms with Crippen molar-refractivity contribution >= 4 is 45.7 Å². The summed E-state index contributed by atoms with van der Waals surface area (Å²) in [6, 6.07) is 3.52. The Morgan fingerprint density at radius 1 is 1.47 bits per heavy atom. The third-order valence-corrected chi connectivity index (χ3v) is 3.68. The van der Waals surface area contributed by atoms with Gasteiger partial charge in [0.2, 0.25) is 0 Å². The summed E-state index contributed by atoms with van der Waals surface area (Å²) in [6.45, 7) is 0. The third-order valence-electron chi connectivity index (χ3n) is 2.30. The summed E-state index contributed by atoms with van der Waals surface area (Å²) in [4.78, 5) is 18.1. The molecule has 4 nitrogen and oxygen atoms in total. The number of carbonyl (C=O) groups is 1. The lowest BCUT2D eigenvalue weighted by atomic mass is 10.1. The van der Waals surface area contributed by atoms with Crippen molar-refractivity contribution in [3.63, 3.8) is 0 Å². The molecule has 8 heteroatoms. The van der Waals surface area contributed by atoms with Gasteiger partial charge in [0.1, 0.15) is 0 Å². The molecule has 0 aromatic carbocycles. The van der Waals surface area contributed by atoms with Gasteiger partial charge in [-0.3, -0.25) is 0 Å². The van der Waals surface area contributed by atoms with Crippen molar-refractivity contribution in [3.05, 3.63) is 22.6 Å². The molecule has 0 saturated carbocycles. The molecule has 1 aliphatic rings. The molecule has 0 atom stereocenters. The molecule has 0 N–H and O–H groups in total. The Balaban J connectivity index is 2.35. The summed E-state index contributed by atoms with van der Waals surface area (Å²) >= 11 is 6.22. The Morgan fingerprint density at radius 3 is 2.68 bits per heavy atom. The first-order valence-electron chi connectivity index (χ1n) is 5.15. The second-order valence-corrected chi connectivity index (χ2v) is 5.51. The lowest BCUT2D eigenvalue weighted by Crippen LogP contribution is -2.23. The molecular formula is C11H9ClF2N2O2S. The van der Waals surface area contributed by atoms with Crippen LogP contribution in [0.2, 0.25) is 0 Å². The number of rotatable bonds is 3. The Bertz CT molecular complexity index is 575. The molecule has 2 rings (SSSR count). The molecule has 0 spiro atoms. The van der Waals surface area contributed by atoms with Crippen LogP contribution in [-0.4, -0.2) is 31.2 Å². The number of oxime groups is 1. The van der Waals surface area contributed by atoms with Crippen LogP contribution in [0.1, 0.15) is 4.88 Å². The normalized spacial score (nSPS) is 17.6. The van der Waals surface area contributed by atoms with E-state index in [-0.39, 0.29) is 5.57 Å². The SMILES string of the molecule is CN(C)c1ccc(C=C2C(=O)ON=C2C(F)(F)Cl)s1. The lowest BCUT2D eigenvalue weighted by molar-refractivity contribution is -0.136. The molecule has 0 aliphatic carbocycles. The van der Waals surface area contributed by atoms with E-state index in [2.05, 4.69) is 9.99 Å². The van der Waals surface area contributed by atoms with E-state index in [1.165, 1.54) is 17.4 Å². The number of hydrogen-bond donors (Lipinski definition) is 0. The first kappa shape index (κ1) is 14.0. The van der Waals surface area contributed by atoms with Gasteiger partial charge in [-0.25, -0.2) is 4.79 Å². The van der Waals surface area contributed by atoms with E-state index in [4.69, 9.17) is 11.6 Å². The van der Waals surface area contributed by atoms with Crippen molar-refractivity contribution in [2.45, 2.75) is 5.38 Å². The van der Waals surface area contributed by atoms with Crippen molar-refractivity contribution in [3.8, 4) is 0 Å². The molecular weight excluding hydrogens is 298 g/mol. The van der Waals surface area contributed by atoms with Gasteiger partial charge in [-0.15, -0.1) is 11.3 Å². The summed E-state index contributed by atoms with van der Waals surface area (Å²) in [5.74, 6) is -0.935. The second kappa shape index (κ2) is 4.90. The number of hydrogen-bond acceptors (Lipinski definition) is 5. The molecule has 0 amide bonds. The highest BCUT2D eigenvalue weighted by Gasteiger charge is 2.43. The molecule has 2 heterocycles. The smallest absolute Gasteiger partial charge is 0.368 e. The fourth-order valence-corrected chi connectivity index (χ4v) is 2.43. The standard InChI is InChI=1S/C11H9ClF2N2O2S/c1-16(2)8-4-3-6(19-8)5-7-9(11(12,13)14)15-18-10(7)17/h3-5H,1-2H3. The highest BCUT2D eigenvalue weighted by atomic mass is 35.5. The molecule has 1 aromatic rings. The van der Waals surface area contributed by atoms with E-state index in [0.717, 1.165) is 5.00 Å². The van der Waals surface area contributed by atoms with Crippen LogP contribution in [0.5, 0.6) is 0 Å². The van der Waals surface area contributed by atoms with Gasteiger partial charge in [0.25, 0.3) is 0 Å². The average Bonchev–Trinajstić information content (AvgIpc) is 2.86. The van der Waals surface area contributed by atoms with E-state index in [1.807, 2.05) is 25.1 Å². The first-order valence-corrected chi connectivity index (χ1v) is 6.34. The Hall–Kier alpha value is -1.47. The number of thiophene rings is 1. The van der Waals surface area contributed by atoms with Gasteiger partial charge in [0.05, 0.1) is 10.6 Å². The highest BCUT2D eigenvalue weighted by Crippen LogP contribution is 2.32. The van der Waals surface area contributed by atoms with Gasteiger partial charge < -0.3 is 9.74 Å². The molecule has 0 unspecified atom stereocenters. The number of anilines is 1. The molecule has 0 fully saturated rings. The number of halogens is 3. The summed E-state index contributed by atoms with van der Waals surface area (Å²) in [6.07, 6.45) is 1.29. The summed E-state index contributed by atoms with van der Waals surface area (Å²) in [5.41, 5.74) is -1.19. The summed E-state index contributed by atoms with van der Waals surface area (Å²) in [5, 5.41) is 0.207. The largest absolute Gasteiger partial charge is 0.370 e. The quantitative estimate of drug-likeness (QED) is 0.490. The topological polar surface area (TPSA) is 41.9 Å². The number of carbonyl (C=O) groups excluding carboxylic acids is 1. The van der Waals surface area contributed by atoms with Gasteiger partial charge in [-0.1, -0.05) is 5.16 Å². The molecule has 19 heavy (non-hydrogen) atoms. The van der Waals surface area contributed by atoms with Crippen LogP contribution in [0.4, 0.5) is 13.8 Å². The van der Waals surface area contributed by atoms with Crippen LogP contribution in [0.3, 0.4) is 0 Å². The van der Waals surface area contributed by atoms with E-state index < -0.39 is 17.1 Å². The van der Waals surface area contributed by atoms with E-state index in [9.17, 15) is 13.6 Å². The molecule has 1 aromatic heterocycles. The molecule has 1 aliphatic heterocycles. The minimum atomic E-state index is -3.74. The Kier molecular flexibility index (Phi) is 3.60. The van der Waals surface area contributed by atoms with Crippen LogP contribution in [-0.2, 0) is 9.63 Å². The predicted molar refractivity (Wildman–Crippen MR) is 71.0 cm³/mol. The van der Waals surface area contributed by atoms with E-state index >= 15 is 0 Å². The lowest BCUT2D eigenvalue weighted by Gasteiger charge is -2.07. The minimum Gasteiger partial charge on any atom is -0.370 e. The zero-order valence-electron chi connectivity index (χ0n) is 9.99. The van der Waals surface area contributed by atoms with Gasteiger partial charge in [0, 0.05) is 19.0 Å². The molecule has 0 saturated heterocycles. The monoisotopic (exact) mass is 306 g/mol. The zero-order valence-corrected chi connectivity index (χ0v) is 11.6. The Morgan fingerprint density at radius 2 is 2.16 bits per heavy atom. The van der Waals surface area contributed by atoms with E-state index in [1.54, 1.807) is 6.07 Å². The zero-order chi connectivity index (χ0) is 14.2. The van der Waals surface area contributed by atoms with Crippen molar-refractivity contribution in [2.75, 3.05) is 19.0 Å². The maximum Gasteiger partial charge on any atom is 0.368 e. The number of alkyl halides is 3. The van der Waals surface area contributed by atoms with Crippen molar-refractivity contribution in [1.29, 1.82) is 0 Å². The van der Waals surface area contributed by atoms with Gasteiger partial charge >= 0.3 is 11.4 Å². The highest BCUT2D eigenvalue weighted by molar-refractivity contribution is 7.17. The van der Waals surface area contributed by atoms with Crippen LogP contribution in [0, 0.1) is 0 Å². The maximum absolute atomic E-state index is 13.0. The van der Waals surface area contributed by atoms with Gasteiger partial charge in [-0.05, 0) is 29.8 Å². The fourth-order valence-electron chi connectivity index (χ4n) is 1.42. The van der Waals surface area contributed by atoms with E-state index in [0.29, 0.717) is 4.88 Å². The molecule has 102 valence electrons. The van der Waals surface area contributed by atoms with Crippen molar-refractivity contribution in [2.24, 2.45) is 5.16 Å². The van der Waals surface area contributed by atoms with Crippen LogP contribution in [0.15, 0.2) is 22.9 Å². The fraction of sp³-hybridized carbons (Fsp3) is 0.273. The van der Waals surface area contributed by atoms with Crippen LogP contribution >= 0.6 is 22.9 Å². The third kappa shape index (κ3) is 2.93. The Labute approximate surface area is 116 Å². The molecule has 0 bridgehead atoms. The maximum atomic E-state index is 13.0. The second-order valence-electron chi connectivity index (χ2n) is 3.94. The van der Waals surface area contributed by atoms with Crippen molar-refractivity contribution in [1.82, 2.24) is 0 Å². The summed E-state index contributed by atoms with van der Waals surface area (Å²) < 4.78 is 26.1. The van der Waals surface area contributed by atoms with Gasteiger partial charge in [0.15, 0.2) is 5.71 Å². The summed E-state index contributed by atoms with van der Waals surface area (Å²) in [7, 11) is 3.71. The van der Waals surface area contributed by atoms with Crippen molar-refractivity contribution < 1.29 is 18.4 Å². The molecule has 0 radical (unpaired) electrons. The van der Waals surface area contributed by atoms with Crippen LogP contribution < -0.4 is 4.90 Å². The predicted octanol–water partition coefficient (Wildman–Crippen LogP) is 2.94. The van der Waals surface area contributed by atoms with Gasteiger partial charge in [-0.2, -0.15) is 8.78 Å². The average molecular weight is 307 g/mol. The first-order chi connectivity index (χ1) is 8.79.